The van der Waals surface area contributed by atoms with E-state index in [2.05, 4.69) is 21.2 Å². The van der Waals surface area contributed by atoms with Gasteiger partial charge in [0.1, 0.15) is 6.42 Å². The molecule has 2 amide bonds. The summed E-state index contributed by atoms with van der Waals surface area (Å²) in [6, 6.07) is 5.55. The highest BCUT2D eigenvalue weighted by molar-refractivity contribution is 9.10. The molecule has 1 fully saturated rings. The SMILES string of the molecule is Cc1ccc(NC(=O)CC(=O)N2CCOCC2)cc1Br. The van der Waals surface area contributed by atoms with Crippen molar-refractivity contribution in [2.45, 2.75) is 13.3 Å². The van der Waals surface area contributed by atoms with Gasteiger partial charge in [0.25, 0.3) is 0 Å². The number of aryl methyl sites for hydroxylation is 1. The number of nitrogens with one attached hydrogen (secondary N) is 1. The van der Waals surface area contributed by atoms with E-state index in [4.69, 9.17) is 4.74 Å². The van der Waals surface area contributed by atoms with Crippen molar-refractivity contribution in [1.82, 2.24) is 4.90 Å². The van der Waals surface area contributed by atoms with Crippen molar-refractivity contribution >= 4 is 33.4 Å². The summed E-state index contributed by atoms with van der Waals surface area (Å²) >= 11 is 3.41. The maximum Gasteiger partial charge on any atom is 0.233 e. The molecule has 0 bridgehead atoms. The van der Waals surface area contributed by atoms with E-state index in [1.54, 1.807) is 4.90 Å². The van der Waals surface area contributed by atoms with Gasteiger partial charge in [0, 0.05) is 23.2 Å². The summed E-state index contributed by atoms with van der Waals surface area (Å²) in [5.41, 5.74) is 1.77. The van der Waals surface area contributed by atoms with E-state index in [9.17, 15) is 9.59 Å². The third-order valence-electron chi connectivity index (χ3n) is 3.13. The predicted molar refractivity (Wildman–Crippen MR) is 79.5 cm³/mol. The Labute approximate surface area is 126 Å². The van der Waals surface area contributed by atoms with E-state index in [0.717, 1.165) is 10.0 Å². The van der Waals surface area contributed by atoms with Crippen molar-refractivity contribution in [3.05, 3.63) is 28.2 Å². The average molecular weight is 341 g/mol. The lowest BCUT2D eigenvalue weighted by molar-refractivity contribution is -0.138. The molecule has 0 spiro atoms. The van der Waals surface area contributed by atoms with Crippen LogP contribution in [-0.4, -0.2) is 43.0 Å². The van der Waals surface area contributed by atoms with Gasteiger partial charge in [-0.1, -0.05) is 22.0 Å². The molecular weight excluding hydrogens is 324 g/mol. The van der Waals surface area contributed by atoms with Crippen LogP contribution in [0.2, 0.25) is 0 Å². The molecule has 108 valence electrons. The van der Waals surface area contributed by atoms with Crippen LogP contribution in [0.5, 0.6) is 0 Å². The van der Waals surface area contributed by atoms with E-state index in [-0.39, 0.29) is 18.2 Å². The van der Waals surface area contributed by atoms with Crippen LogP contribution in [0.25, 0.3) is 0 Å². The number of morpholine rings is 1. The zero-order chi connectivity index (χ0) is 14.5. The van der Waals surface area contributed by atoms with Gasteiger partial charge in [-0.3, -0.25) is 9.59 Å². The fourth-order valence-electron chi connectivity index (χ4n) is 1.94. The first kappa shape index (κ1) is 15.0. The molecule has 1 aromatic rings. The molecule has 1 aliphatic rings. The normalized spacial score (nSPS) is 15.0. The van der Waals surface area contributed by atoms with Crippen molar-refractivity contribution in [2.24, 2.45) is 0 Å². The zero-order valence-electron chi connectivity index (χ0n) is 11.3. The zero-order valence-corrected chi connectivity index (χ0v) is 12.9. The first-order chi connectivity index (χ1) is 9.56. The molecule has 5 nitrogen and oxygen atoms in total. The van der Waals surface area contributed by atoms with Crippen molar-refractivity contribution in [2.75, 3.05) is 31.6 Å². The molecule has 0 unspecified atom stereocenters. The molecule has 0 atom stereocenters. The van der Waals surface area contributed by atoms with E-state index >= 15 is 0 Å². The van der Waals surface area contributed by atoms with Gasteiger partial charge in [-0.05, 0) is 24.6 Å². The second-order valence-electron chi connectivity index (χ2n) is 4.68. The lowest BCUT2D eigenvalue weighted by Gasteiger charge is -2.26. The molecule has 1 heterocycles. The van der Waals surface area contributed by atoms with E-state index < -0.39 is 0 Å². The molecule has 2 rings (SSSR count). The number of carbonyl (C=O) groups is 2. The minimum atomic E-state index is -0.294. The maximum absolute atomic E-state index is 11.9. The average Bonchev–Trinajstić information content (AvgIpc) is 2.44. The van der Waals surface area contributed by atoms with Crippen LogP contribution in [0.3, 0.4) is 0 Å². The Bertz CT molecular complexity index is 513. The van der Waals surface area contributed by atoms with Gasteiger partial charge in [-0.15, -0.1) is 0 Å². The Kier molecular flexibility index (Phi) is 5.14. The van der Waals surface area contributed by atoms with Gasteiger partial charge >= 0.3 is 0 Å². The number of carbonyl (C=O) groups excluding carboxylic acids is 2. The van der Waals surface area contributed by atoms with Crippen molar-refractivity contribution < 1.29 is 14.3 Å². The van der Waals surface area contributed by atoms with Crippen LogP contribution in [0.4, 0.5) is 5.69 Å². The molecule has 0 saturated carbocycles. The second-order valence-corrected chi connectivity index (χ2v) is 5.54. The minimum Gasteiger partial charge on any atom is -0.378 e. The number of nitrogens with zero attached hydrogens (tertiary/aromatic N) is 1. The number of anilines is 1. The third-order valence-corrected chi connectivity index (χ3v) is 3.99. The fraction of sp³-hybridized carbons (Fsp3) is 0.429. The summed E-state index contributed by atoms with van der Waals surface area (Å²) < 4.78 is 6.10. The molecule has 0 radical (unpaired) electrons. The van der Waals surface area contributed by atoms with Gasteiger partial charge in [-0.25, -0.2) is 0 Å². The monoisotopic (exact) mass is 340 g/mol. The van der Waals surface area contributed by atoms with E-state index in [1.165, 1.54) is 0 Å². The number of halogens is 1. The highest BCUT2D eigenvalue weighted by atomic mass is 79.9. The molecule has 0 aliphatic carbocycles. The van der Waals surface area contributed by atoms with E-state index in [1.807, 2.05) is 25.1 Å². The molecule has 1 saturated heterocycles. The van der Waals surface area contributed by atoms with Gasteiger partial charge in [0.15, 0.2) is 0 Å². The number of amides is 2. The van der Waals surface area contributed by atoms with Crippen molar-refractivity contribution in [1.29, 1.82) is 0 Å². The van der Waals surface area contributed by atoms with E-state index in [0.29, 0.717) is 32.0 Å². The van der Waals surface area contributed by atoms with Gasteiger partial charge < -0.3 is 15.0 Å². The number of hydrogen-bond acceptors (Lipinski definition) is 3. The van der Waals surface area contributed by atoms with Crippen molar-refractivity contribution in [3.8, 4) is 0 Å². The summed E-state index contributed by atoms with van der Waals surface area (Å²) in [7, 11) is 0. The highest BCUT2D eigenvalue weighted by Crippen LogP contribution is 2.20. The third kappa shape index (κ3) is 4.05. The summed E-state index contributed by atoms with van der Waals surface area (Å²) in [5.74, 6) is -0.450. The lowest BCUT2D eigenvalue weighted by atomic mass is 10.2. The lowest BCUT2D eigenvalue weighted by Crippen LogP contribution is -2.41. The quantitative estimate of drug-likeness (QED) is 0.855. The van der Waals surface area contributed by atoms with Gasteiger partial charge in [0.2, 0.25) is 11.8 Å². The molecule has 20 heavy (non-hydrogen) atoms. The minimum absolute atomic E-state index is 0.133. The van der Waals surface area contributed by atoms with Crippen LogP contribution in [0, 0.1) is 6.92 Å². The standard InChI is InChI=1S/C14H17BrN2O3/c1-10-2-3-11(8-12(10)15)16-13(18)9-14(19)17-4-6-20-7-5-17/h2-3,8H,4-7,9H2,1H3,(H,16,18). The molecule has 0 aromatic heterocycles. The summed E-state index contributed by atoms with van der Waals surface area (Å²) in [6.45, 7) is 4.17. The van der Waals surface area contributed by atoms with Crippen LogP contribution in [0.1, 0.15) is 12.0 Å². The molecule has 6 heteroatoms. The number of rotatable bonds is 3. The van der Waals surface area contributed by atoms with Crippen LogP contribution >= 0.6 is 15.9 Å². The fourth-order valence-corrected chi connectivity index (χ4v) is 2.32. The molecular formula is C14H17BrN2O3. The summed E-state index contributed by atoms with van der Waals surface area (Å²) in [5, 5.41) is 2.73. The Morgan fingerprint density at radius 3 is 2.70 bits per heavy atom. The Morgan fingerprint density at radius 1 is 1.35 bits per heavy atom. The van der Waals surface area contributed by atoms with Gasteiger partial charge in [-0.2, -0.15) is 0 Å². The Balaban J connectivity index is 1.88. The highest BCUT2D eigenvalue weighted by Gasteiger charge is 2.19. The van der Waals surface area contributed by atoms with Crippen LogP contribution in [-0.2, 0) is 14.3 Å². The second kappa shape index (κ2) is 6.85. The van der Waals surface area contributed by atoms with Crippen molar-refractivity contribution in [3.63, 3.8) is 0 Å². The van der Waals surface area contributed by atoms with Crippen LogP contribution in [0.15, 0.2) is 22.7 Å². The molecule has 1 N–H and O–H groups in total. The van der Waals surface area contributed by atoms with Crippen LogP contribution < -0.4 is 5.32 Å². The number of hydrogen-bond donors (Lipinski definition) is 1. The summed E-state index contributed by atoms with van der Waals surface area (Å²) in [4.78, 5) is 25.4. The first-order valence-corrected chi connectivity index (χ1v) is 7.27. The predicted octanol–water partition coefficient (Wildman–Crippen LogP) is 1.94. The Morgan fingerprint density at radius 2 is 2.05 bits per heavy atom. The topological polar surface area (TPSA) is 58.6 Å². The maximum atomic E-state index is 11.9. The smallest absolute Gasteiger partial charge is 0.233 e. The Hall–Kier alpha value is -1.40. The summed E-state index contributed by atoms with van der Waals surface area (Å²) in [6.07, 6.45) is -0.133. The number of benzene rings is 1. The number of ether oxygens (including phenoxy) is 1. The first-order valence-electron chi connectivity index (χ1n) is 6.48. The largest absolute Gasteiger partial charge is 0.378 e. The molecule has 1 aromatic carbocycles. The molecule has 1 aliphatic heterocycles. The van der Waals surface area contributed by atoms with Gasteiger partial charge in [0.05, 0.1) is 13.2 Å².